The van der Waals surface area contributed by atoms with E-state index < -0.39 is 30.1 Å². The molecule has 1 aliphatic heterocycles. The molecule has 9 nitrogen and oxygen atoms in total. The van der Waals surface area contributed by atoms with Crippen LogP contribution in [-0.2, 0) is 19.1 Å². The molecule has 0 radical (unpaired) electrons. The van der Waals surface area contributed by atoms with E-state index in [1.807, 2.05) is 48.5 Å². The van der Waals surface area contributed by atoms with Crippen molar-refractivity contribution in [1.82, 2.24) is 15.1 Å². The van der Waals surface area contributed by atoms with Crippen LogP contribution in [0.4, 0.5) is 4.79 Å². The van der Waals surface area contributed by atoms with Crippen molar-refractivity contribution in [3.05, 3.63) is 59.7 Å². The van der Waals surface area contributed by atoms with Crippen molar-refractivity contribution in [2.24, 2.45) is 0 Å². The summed E-state index contributed by atoms with van der Waals surface area (Å²) in [6, 6.07) is 13.7. The number of aliphatic carboxylic acids is 1. The molecule has 1 saturated heterocycles. The molecule has 172 valence electrons. The Kier molecular flexibility index (Phi) is 6.04. The first-order valence-corrected chi connectivity index (χ1v) is 10.7. The smallest absolute Gasteiger partial charge is 0.407 e. The molecule has 4 rings (SSSR count). The number of hydrogen-bond donors (Lipinski definition) is 2. The number of benzene rings is 2. The molecule has 9 heteroatoms. The van der Waals surface area contributed by atoms with Gasteiger partial charge in [-0.3, -0.25) is 9.59 Å². The van der Waals surface area contributed by atoms with E-state index in [9.17, 15) is 24.3 Å². The molecule has 0 aromatic heterocycles. The third-order valence-electron chi connectivity index (χ3n) is 6.17. The Labute approximate surface area is 190 Å². The summed E-state index contributed by atoms with van der Waals surface area (Å²) >= 11 is 0. The number of amides is 3. The van der Waals surface area contributed by atoms with Crippen LogP contribution in [0.5, 0.6) is 0 Å². The molecular weight excluding hydrogens is 426 g/mol. The second-order valence-corrected chi connectivity index (χ2v) is 8.29. The highest BCUT2D eigenvalue weighted by Gasteiger charge is 2.39. The maximum atomic E-state index is 12.8. The molecule has 2 unspecified atom stereocenters. The maximum Gasteiger partial charge on any atom is 0.407 e. The van der Waals surface area contributed by atoms with E-state index >= 15 is 0 Å². The molecule has 0 bridgehead atoms. The lowest BCUT2D eigenvalue weighted by molar-refractivity contribution is -0.159. The number of carbonyl (C=O) groups excluding carboxylic acids is 3. The number of carboxylic acid groups (broad SMARTS) is 1. The van der Waals surface area contributed by atoms with Crippen molar-refractivity contribution >= 4 is 23.9 Å². The van der Waals surface area contributed by atoms with Gasteiger partial charge in [0.25, 0.3) is 0 Å². The maximum absolute atomic E-state index is 12.8. The largest absolute Gasteiger partial charge is 0.480 e. The van der Waals surface area contributed by atoms with Gasteiger partial charge in [0, 0.05) is 13.0 Å². The standard InChI is InChI=1S/C24H25N3O6/c1-14(22(29)27-12-21(28)26(2)11-20(27)23(30)31)25-24(32)33-13-19-17-9-5-3-7-15(17)16-8-4-6-10-18(16)19/h3-10,14,19-20H,11-13H2,1-2H3,(H,25,32)(H,30,31). The average Bonchev–Trinajstić information content (AvgIpc) is 3.12. The quantitative estimate of drug-likeness (QED) is 0.714. The fourth-order valence-electron chi connectivity index (χ4n) is 4.41. The number of rotatable bonds is 5. The van der Waals surface area contributed by atoms with Crippen LogP contribution in [0.1, 0.15) is 24.0 Å². The average molecular weight is 451 g/mol. The fourth-order valence-corrected chi connectivity index (χ4v) is 4.41. The molecule has 0 spiro atoms. The van der Waals surface area contributed by atoms with E-state index in [-0.39, 0.29) is 31.5 Å². The minimum absolute atomic E-state index is 0.0888. The van der Waals surface area contributed by atoms with Crippen LogP contribution in [-0.4, -0.2) is 77.6 Å². The number of likely N-dealkylation sites (N-methyl/N-ethyl adjacent to an activating group) is 1. The summed E-state index contributed by atoms with van der Waals surface area (Å²) in [6.45, 7) is 1.05. The van der Waals surface area contributed by atoms with Crippen LogP contribution in [0.15, 0.2) is 48.5 Å². The molecule has 0 saturated carbocycles. The normalized spacial score (nSPS) is 18.4. The Morgan fingerprint density at radius 1 is 1.09 bits per heavy atom. The zero-order chi connectivity index (χ0) is 23.7. The predicted molar refractivity (Wildman–Crippen MR) is 118 cm³/mol. The monoisotopic (exact) mass is 451 g/mol. The fraction of sp³-hybridized carbons (Fsp3) is 0.333. The molecular formula is C24H25N3O6. The van der Waals surface area contributed by atoms with Gasteiger partial charge < -0.3 is 25.0 Å². The van der Waals surface area contributed by atoms with Crippen LogP contribution in [0.2, 0.25) is 0 Å². The van der Waals surface area contributed by atoms with Gasteiger partial charge >= 0.3 is 12.1 Å². The van der Waals surface area contributed by atoms with Gasteiger partial charge in [-0.1, -0.05) is 48.5 Å². The number of hydrogen-bond acceptors (Lipinski definition) is 5. The first-order chi connectivity index (χ1) is 15.8. The second-order valence-electron chi connectivity index (χ2n) is 8.29. The van der Waals surface area contributed by atoms with Crippen molar-refractivity contribution in [3.63, 3.8) is 0 Å². The summed E-state index contributed by atoms with van der Waals surface area (Å²) < 4.78 is 5.45. The first-order valence-electron chi connectivity index (χ1n) is 10.7. The van der Waals surface area contributed by atoms with Crippen molar-refractivity contribution in [2.45, 2.75) is 24.9 Å². The lowest BCUT2D eigenvalue weighted by Crippen LogP contribution is -2.62. The van der Waals surface area contributed by atoms with E-state index in [2.05, 4.69) is 5.32 Å². The van der Waals surface area contributed by atoms with E-state index in [0.717, 1.165) is 27.2 Å². The Bertz CT molecular complexity index is 1070. The van der Waals surface area contributed by atoms with Gasteiger partial charge in [0.2, 0.25) is 11.8 Å². The van der Waals surface area contributed by atoms with Crippen LogP contribution in [0.3, 0.4) is 0 Å². The lowest BCUT2D eigenvalue weighted by Gasteiger charge is -2.38. The van der Waals surface area contributed by atoms with Crippen molar-refractivity contribution < 1.29 is 29.0 Å². The molecule has 2 N–H and O–H groups in total. The molecule has 1 fully saturated rings. The number of carbonyl (C=O) groups is 4. The molecule has 2 aromatic rings. The van der Waals surface area contributed by atoms with Crippen LogP contribution < -0.4 is 5.32 Å². The number of carboxylic acids is 1. The van der Waals surface area contributed by atoms with Gasteiger partial charge in [-0.15, -0.1) is 0 Å². The Balaban J connectivity index is 1.40. The van der Waals surface area contributed by atoms with Crippen LogP contribution >= 0.6 is 0 Å². The van der Waals surface area contributed by atoms with E-state index in [1.54, 1.807) is 0 Å². The lowest BCUT2D eigenvalue weighted by atomic mass is 9.98. The molecule has 2 atom stereocenters. The number of fused-ring (bicyclic) bond motifs is 3. The van der Waals surface area contributed by atoms with Crippen molar-refractivity contribution in [2.75, 3.05) is 26.7 Å². The highest BCUT2D eigenvalue weighted by Crippen LogP contribution is 2.44. The summed E-state index contributed by atoms with van der Waals surface area (Å²) in [6.07, 6.45) is -0.787. The van der Waals surface area contributed by atoms with Crippen LogP contribution in [0.25, 0.3) is 11.1 Å². The Hall–Kier alpha value is -3.88. The summed E-state index contributed by atoms with van der Waals surface area (Å²) in [7, 11) is 1.48. The second kappa shape index (κ2) is 8.93. The predicted octanol–water partition coefficient (Wildman–Crippen LogP) is 1.67. The summed E-state index contributed by atoms with van der Waals surface area (Å²) in [5, 5.41) is 11.9. The molecule has 3 amide bonds. The van der Waals surface area contributed by atoms with Gasteiger partial charge in [0.15, 0.2) is 0 Å². The van der Waals surface area contributed by atoms with Gasteiger partial charge in [-0.2, -0.15) is 0 Å². The molecule has 2 aliphatic rings. The first kappa shape index (κ1) is 22.3. The van der Waals surface area contributed by atoms with Gasteiger partial charge in [-0.05, 0) is 29.2 Å². The van der Waals surface area contributed by atoms with Crippen molar-refractivity contribution in [3.8, 4) is 11.1 Å². The molecule has 1 aliphatic carbocycles. The minimum Gasteiger partial charge on any atom is -0.480 e. The Morgan fingerprint density at radius 2 is 1.67 bits per heavy atom. The minimum atomic E-state index is -1.21. The third kappa shape index (κ3) is 4.26. The van der Waals surface area contributed by atoms with Gasteiger partial charge in [-0.25, -0.2) is 9.59 Å². The highest BCUT2D eigenvalue weighted by molar-refractivity contribution is 5.94. The van der Waals surface area contributed by atoms with Gasteiger partial charge in [0.05, 0.1) is 6.54 Å². The number of nitrogens with one attached hydrogen (secondary N) is 1. The zero-order valence-corrected chi connectivity index (χ0v) is 18.4. The zero-order valence-electron chi connectivity index (χ0n) is 18.4. The van der Waals surface area contributed by atoms with E-state index in [0.29, 0.717) is 0 Å². The SMILES string of the molecule is CC(NC(=O)OCC1c2ccccc2-c2ccccc21)C(=O)N1CC(=O)N(C)CC1C(=O)O. The number of alkyl carbamates (subject to hydrolysis) is 1. The van der Waals surface area contributed by atoms with E-state index in [1.165, 1.54) is 18.9 Å². The summed E-state index contributed by atoms with van der Waals surface area (Å²) in [4.78, 5) is 51.1. The summed E-state index contributed by atoms with van der Waals surface area (Å²) in [5.74, 6) is -2.36. The van der Waals surface area contributed by atoms with E-state index in [4.69, 9.17) is 4.74 Å². The topological polar surface area (TPSA) is 116 Å². The summed E-state index contributed by atoms with van der Waals surface area (Å²) in [5.41, 5.74) is 4.34. The van der Waals surface area contributed by atoms with Crippen molar-refractivity contribution in [1.29, 1.82) is 0 Å². The number of ether oxygens (including phenoxy) is 1. The number of piperazine rings is 1. The molecule has 2 aromatic carbocycles. The highest BCUT2D eigenvalue weighted by atomic mass is 16.5. The van der Waals surface area contributed by atoms with Gasteiger partial charge in [0.1, 0.15) is 25.2 Å². The molecule has 1 heterocycles. The third-order valence-corrected chi connectivity index (χ3v) is 6.17. The molecule has 33 heavy (non-hydrogen) atoms. The number of nitrogens with zero attached hydrogens (tertiary/aromatic N) is 2. The van der Waals surface area contributed by atoms with Crippen LogP contribution in [0, 0.1) is 0 Å². The Morgan fingerprint density at radius 3 is 2.24 bits per heavy atom.